The van der Waals surface area contributed by atoms with Crippen LogP contribution in [0.15, 0.2) is 36.9 Å². The molecule has 20 heavy (non-hydrogen) atoms. The number of rotatable bonds is 6. The Morgan fingerprint density at radius 2 is 2.00 bits per heavy atom. The second kappa shape index (κ2) is 6.60. The molecule has 0 saturated carbocycles. The molecular weight excluding hydrogens is 262 g/mol. The van der Waals surface area contributed by atoms with E-state index in [4.69, 9.17) is 4.74 Å². The number of carboxylic acids is 1. The minimum Gasteiger partial charge on any atom is -0.508 e. The number of ether oxygens (including phenoxy) is 1. The van der Waals surface area contributed by atoms with E-state index in [0.717, 1.165) is 0 Å². The van der Waals surface area contributed by atoms with E-state index in [-0.39, 0.29) is 18.8 Å². The number of aromatic hydroxyl groups is 1. The lowest BCUT2D eigenvalue weighted by Crippen LogP contribution is -2.54. The molecule has 3 N–H and O–H groups in total. The van der Waals surface area contributed by atoms with Crippen LogP contribution in [-0.4, -0.2) is 34.4 Å². The van der Waals surface area contributed by atoms with Gasteiger partial charge in [-0.05, 0) is 24.6 Å². The van der Waals surface area contributed by atoms with Gasteiger partial charge in [0.2, 0.25) is 0 Å². The number of hydrogen-bond donors (Lipinski definition) is 3. The molecule has 0 radical (unpaired) electrons. The lowest BCUT2D eigenvalue weighted by atomic mass is 9.93. The fraction of sp³-hybridized carbons (Fsp3) is 0.286. The average molecular weight is 279 g/mol. The van der Waals surface area contributed by atoms with E-state index in [0.29, 0.717) is 5.56 Å². The lowest BCUT2D eigenvalue weighted by Gasteiger charge is -2.25. The summed E-state index contributed by atoms with van der Waals surface area (Å²) in [5, 5.41) is 20.8. The summed E-state index contributed by atoms with van der Waals surface area (Å²) in [7, 11) is 0. The van der Waals surface area contributed by atoms with Crippen molar-refractivity contribution in [2.24, 2.45) is 0 Å². The molecule has 0 spiro atoms. The van der Waals surface area contributed by atoms with Crippen LogP contribution in [0.1, 0.15) is 12.5 Å². The van der Waals surface area contributed by atoms with Gasteiger partial charge in [0.25, 0.3) is 0 Å². The number of benzene rings is 1. The number of aliphatic carboxylic acids is 1. The zero-order chi connectivity index (χ0) is 15.2. The fourth-order valence-electron chi connectivity index (χ4n) is 1.59. The molecule has 0 aliphatic heterocycles. The highest BCUT2D eigenvalue weighted by Gasteiger charge is 2.35. The van der Waals surface area contributed by atoms with Gasteiger partial charge in [-0.25, -0.2) is 9.59 Å². The molecule has 0 saturated heterocycles. The van der Waals surface area contributed by atoms with Crippen molar-refractivity contribution < 1.29 is 24.5 Å². The van der Waals surface area contributed by atoms with Crippen molar-refractivity contribution in [3.8, 4) is 5.75 Å². The third-order valence-corrected chi connectivity index (χ3v) is 2.68. The molecule has 108 valence electrons. The number of carbonyl (C=O) groups excluding carboxylic acids is 1. The molecule has 0 aliphatic carbocycles. The largest absolute Gasteiger partial charge is 0.508 e. The fourth-order valence-corrected chi connectivity index (χ4v) is 1.59. The van der Waals surface area contributed by atoms with Gasteiger partial charge in [0, 0.05) is 6.42 Å². The van der Waals surface area contributed by atoms with Gasteiger partial charge < -0.3 is 20.3 Å². The normalized spacial score (nSPS) is 13.1. The molecule has 1 aromatic carbocycles. The molecule has 6 nitrogen and oxygen atoms in total. The summed E-state index contributed by atoms with van der Waals surface area (Å²) in [6.07, 6.45) is 0.622. The van der Waals surface area contributed by atoms with E-state index in [2.05, 4.69) is 11.9 Å². The molecule has 6 heteroatoms. The van der Waals surface area contributed by atoms with E-state index >= 15 is 0 Å². The molecule has 0 bridgehead atoms. The first kappa shape index (κ1) is 15.6. The number of phenolic OH excluding ortho intramolecular Hbond substituents is 1. The minimum absolute atomic E-state index is 0.000736. The topological polar surface area (TPSA) is 95.9 Å². The maximum absolute atomic E-state index is 11.5. The van der Waals surface area contributed by atoms with Gasteiger partial charge in [-0.1, -0.05) is 24.8 Å². The zero-order valence-corrected chi connectivity index (χ0v) is 11.1. The van der Waals surface area contributed by atoms with Crippen LogP contribution in [-0.2, 0) is 16.0 Å². The Morgan fingerprint density at radius 1 is 1.40 bits per heavy atom. The van der Waals surface area contributed by atoms with E-state index in [9.17, 15) is 19.8 Å². The summed E-state index contributed by atoms with van der Waals surface area (Å²) >= 11 is 0. The van der Waals surface area contributed by atoms with Gasteiger partial charge in [-0.15, -0.1) is 0 Å². The Labute approximate surface area is 116 Å². The average Bonchev–Trinajstić information content (AvgIpc) is 2.39. The third-order valence-electron chi connectivity index (χ3n) is 2.68. The Hall–Kier alpha value is -2.50. The zero-order valence-electron chi connectivity index (χ0n) is 11.1. The monoisotopic (exact) mass is 279 g/mol. The van der Waals surface area contributed by atoms with E-state index in [1.807, 2.05) is 0 Å². The van der Waals surface area contributed by atoms with E-state index in [1.165, 1.54) is 25.1 Å². The Balaban J connectivity index is 2.80. The van der Waals surface area contributed by atoms with Gasteiger partial charge in [0.1, 0.15) is 17.9 Å². The van der Waals surface area contributed by atoms with Gasteiger partial charge >= 0.3 is 12.1 Å². The number of alkyl carbamates (subject to hydrolysis) is 1. The predicted octanol–water partition coefficient (Wildman–Crippen LogP) is 1.69. The number of hydrogen-bond acceptors (Lipinski definition) is 4. The maximum Gasteiger partial charge on any atom is 0.408 e. The van der Waals surface area contributed by atoms with Crippen molar-refractivity contribution >= 4 is 12.1 Å². The van der Waals surface area contributed by atoms with Crippen LogP contribution in [0.25, 0.3) is 0 Å². The van der Waals surface area contributed by atoms with Crippen LogP contribution in [0.5, 0.6) is 5.75 Å². The summed E-state index contributed by atoms with van der Waals surface area (Å²) in [4.78, 5) is 22.8. The van der Waals surface area contributed by atoms with Crippen molar-refractivity contribution in [1.82, 2.24) is 5.32 Å². The third kappa shape index (κ3) is 4.31. The van der Waals surface area contributed by atoms with Crippen molar-refractivity contribution in [1.29, 1.82) is 0 Å². The van der Waals surface area contributed by atoms with Crippen LogP contribution in [0, 0.1) is 0 Å². The molecule has 1 aromatic rings. The van der Waals surface area contributed by atoms with Crippen molar-refractivity contribution in [3.63, 3.8) is 0 Å². The van der Waals surface area contributed by atoms with Gasteiger partial charge in [-0.3, -0.25) is 0 Å². The summed E-state index contributed by atoms with van der Waals surface area (Å²) in [6, 6.07) is 6.09. The van der Waals surface area contributed by atoms with Crippen LogP contribution in [0.3, 0.4) is 0 Å². The Morgan fingerprint density at radius 3 is 2.50 bits per heavy atom. The number of carbonyl (C=O) groups is 2. The first-order chi connectivity index (χ1) is 9.37. The highest BCUT2D eigenvalue weighted by Crippen LogP contribution is 2.17. The first-order valence-corrected chi connectivity index (χ1v) is 5.94. The minimum atomic E-state index is -1.50. The lowest BCUT2D eigenvalue weighted by molar-refractivity contribution is -0.143. The molecule has 1 rings (SSSR count). The predicted molar refractivity (Wildman–Crippen MR) is 72.5 cm³/mol. The molecule has 1 amide bonds. The number of amides is 1. The van der Waals surface area contributed by atoms with Gasteiger partial charge in [0.05, 0.1) is 0 Å². The Bertz CT molecular complexity index is 497. The molecule has 0 aromatic heterocycles. The van der Waals surface area contributed by atoms with Crippen molar-refractivity contribution in [2.75, 3.05) is 6.61 Å². The van der Waals surface area contributed by atoms with Gasteiger partial charge in [0.15, 0.2) is 0 Å². The number of carboxylic acid groups (broad SMARTS) is 1. The molecular formula is C14H17NO5. The number of nitrogens with one attached hydrogen (secondary N) is 1. The quantitative estimate of drug-likeness (QED) is 0.689. The second-order valence-corrected chi connectivity index (χ2v) is 4.49. The molecule has 0 unspecified atom stereocenters. The first-order valence-electron chi connectivity index (χ1n) is 5.94. The van der Waals surface area contributed by atoms with Crippen LogP contribution >= 0.6 is 0 Å². The van der Waals surface area contributed by atoms with E-state index < -0.39 is 17.6 Å². The maximum atomic E-state index is 11.5. The highest BCUT2D eigenvalue weighted by molar-refractivity contribution is 5.84. The molecule has 0 heterocycles. The Kier molecular flexibility index (Phi) is 5.14. The van der Waals surface area contributed by atoms with E-state index in [1.54, 1.807) is 12.1 Å². The molecule has 1 atom stereocenters. The standard InChI is InChI=1S/C14H17NO5/c1-3-8-20-13(19)15-14(2,12(17)18)9-10-4-6-11(16)7-5-10/h3-7,16H,1,8-9H2,2H3,(H,15,19)(H,17,18)/t14-/m1/s1. The molecule has 0 aliphatic rings. The van der Waals surface area contributed by atoms with Gasteiger partial charge in [-0.2, -0.15) is 0 Å². The summed E-state index contributed by atoms with van der Waals surface area (Å²) in [6.45, 7) is 4.78. The van der Waals surface area contributed by atoms with Crippen LogP contribution in [0.4, 0.5) is 4.79 Å². The molecule has 0 fully saturated rings. The summed E-state index contributed by atoms with van der Waals surface area (Å²) in [5.74, 6) is -1.09. The highest BCUT2D eigenvalue weighted by atomic mass is 16.5. The van der Waals surface area contributed by atoms with Crippen LogP contribution in [0.2, 0.25) is 0 Å². The van der Waals surface area contributed by atoms with Crippen molar-refractivity contribution in [2.45, 2.75) is 18.9 Å². The SMILES string of the molecule is C=CCOC(=O)N[C@](C)(Cc1ccc(O)cc1)C(=O)O. The van der Waals surface area contributed by atoms with Crippen LogP contribution < -0.4 is 5.32 Å². The summed E-state index contributed by atoms with van der Waals surface area (Å²) < 4.78 is 4.72. The second-order valence-electron chi connectivity index (χ2n) is 4.49. The summed E-state index contributed by atoms with van der Waals surface area (Å²) in [5.41, 5.74) is -0.841. The van der Waals surface area contributed by atoms with Crippen molar-refractivity contribution in [3.05, 3.63) is 42.5 Å². The number of phenols is 1. The smallest absolute Gasteiger partial charge is 0.408 e.